The topological polar surface area (TPSA) is 109 Å². The first-order valence-electron chi connectivity index (χ1n) is 10.0. The van der Waals surface area contributed by atoms with Gasteiger partial charge >= 0.3 is 0 Å². The molecule has 170 valence electrons. The number of nitrogens with one attached hydrogen (secondary N) is 3. The lowest BCUT2D eigenvalue weighted by Crippen LogP contribution is -2.53. The summed E-state index contributed by atoms with van der Waals surface area (Å²) in [5.41, 5.74) is 8.58. The summed E-state index contributed by atoms with van der Waals surface area (Å²) in [7, 11) is 0. The SMILES string of the molecule is Cc1nc(N)ccc1CNC(=O)[C@H](C)NC(=O)C1CC(c2ccccc2)CCN1.Cl.Cl. The van der Waals surface area contributed by atoms with Crippen LogP contribution in [-0.2, 0) is 16.1 Å². The minimum Gasteiger partial charge on any atom is -0.384 e. The summed E-state index contributed by atoms with van der Waals surface area (Å²) in [6.45, 7) is 4.66. The van der Waals surface area contributed by atoms with E-state index in [2.05, 4.69) is 33.1 Å². The Bertz CT molecular complexity index is 866. The number of aromatic nitrogens is 1. The van der Waals surface area contributed by atoms with Gasteiger partial charge in [-0.15, -0.1) is 24.8 Å². The fraction of sp³-hybridized carbons (Fsp3) is 0.409. The van der Waals surface area contributed by atoms with Crippen molar-refractivity contribution >= 4 is 42.4 Å². The number of anilines is 1. The van der Waals surface area contributed by atoms with Crippen LogP contribution in [0.4, 0.5) is 5.82 Å². The van der Waals surface area contributed by atoms with E-state index in [1.165, 1.54) is 5.56 Å². The molecule has 1 aromatic carbocycles. The molecule has 2 heterocycles. The second kappa shape index (κ2) is 12.5. The Morgan fingerprint density at radius 2 is 1.90 bits per heavy atom. The van der Waals surface area contributed by atoms with Crippen molar-refractivity contribution in [2.24, 2.45) is 0 Å². The number of carbonyl (C=O) groups is 2. The van der Waals surface area contributed by atoms with Gasteiger partial charge in [-0.1, -0.05) is 36.4 Å². The number of hydrogen-bond donors (Lipinski definition) is 4. The van der Waals surface area contributed by atoms with E-state index in [0.717, 1.165) is 30.6 Å². The van der Waals surface area contributed by atoms with E-state index >= 15 is 0 Å². The molecule has 0 saturated carbocycles. The van der Waals surface area contributed by atoms with Gasteiger partial charge in [0.1, 0.15) is 11.9 Å². The number of amides is 2. The van der Waals surface area contributed by atoms with Crippen LogP contribution >= 0.6 is 24.8 Å². The Morgan fingerprint density at radius 3 is 2.58 bits per heavy atom. The van der Waals surface area contributed by atoms with Gasteiger partial charge in [-0.05, 0) is 56.3 Å². The van der Waals surface area contributed by atoms with Gasteiger partial charge in [-0.2, -0.15) is 0 Å². The second-order valence-electron chi connectivity index (χ2n) is 7.57. The Morgan fingerprint density at radius 1 is 1.19 bits per heavy atom. The first-order valence-corrected chi connectivity index (χ1v) is 10.0. The highest BCUT2D eigenvalue weighted by molar-refractivity contribution is 5.89. The highest BCUT2D eigenvalue weighted by Gasteiger charge is 2.29. The predicted octanol–water partition coefficient (Wildman–Crippen LogP) is 2.47. The van der Waals surface area contributed by atoms with E-state index in [4.69, 9.17) is 5.73 Å². The molecule has 9 heteroatoms. The fourth-order valence-corrected chi connectivity index (χ4v) is 3.66. The van der Waals surface area contributed by atoms with Crippen LogP contribution in [0, 0.1) is 6.92 Å². The minimum absolute atomic E-state index is 0. The van der Waals surface area contributed by atoms with E-state index in [9.17, 15) is 9.59 Å². The Kier molecular flexibility index (Phi) is 10.8. The maximum Gasteiger partial charge on any atom is 0.242 e. The molecule has 1 aliphatic heterocycles. The number of nitrogens with two attached hydrogens (primary N) is 1. The molecule has 7 nitrogen and oxygen atoms in total. The number of pyridine rings is 1. The van der Waals surface area contributed by atoms with E-state index in [1.807, 2.05) is 31.2 Å². The van der Waals surface area contributed by atoms with Crippen LogP contribution in [0.5, 0.6) is 0 Å². The largest absolute Gasteiger partial charge is 0.384 e. The third-order valence-corrected chi connectivity index (χ3v) is 5.41. The lowest BCUT2D eigenvalue weighted by Gasteiger charge is -2.30. The summed E-state index contributed by atoms with van der Waals surface area (Å²) in [5.74, 6) is 0.425. The molecular weight excluding hydrogens is 437 g/mol. The Balaban J connectivity index is 0.00000240. The van der Waals surface area contributed by atoms with Crippen LogP contribution in [-0.4, -0.2) is 35.4 Å². The van der Waals surface area contributed by atoms with Gasteiger partial charge < -0.3 is 21.7 Å². The van der Waals surface area contributed by atoms with Crippen LogP contribution in [0.2, 0.25) is 0 Å². The zero-order valence-corrected chi connectivity index (χ0v) is 19.4. The van der Waals surface area contributed by atoms with Crippen molar-refractivity contribution in [3.8, 4) is 0 Å². The van der Waals surface area contributed by atoms with Crippen LogP contribution in [0.15, 0.2) is 42.5 Å². The molecule has 0 bridgehead atoms. The molecule has 1 aromatic heterocycles. The first-order chi connectivity index (χ1) is 13.9. The van der Waals surface area contributed by atoms with Crippen molar-refractivity contribution in [3.63, 3.8) is 0 Å². The summed E-state index contributed by atoms with van der Waals surface area (Å²) in [4.78, 5) is 29.3. The van der Waals surface area contributed by atoms with E-state index in [1.54, 1.807) is 13.0 Å². The number of piperidine rings is 1. The number of hydrogen-bond acceptors (Lipinski definition) is 5. The summed E-state index contributed by atoms with van der Waals surface area (Å²) in [6, 6.07) is 12.9. The van der Waals surface area contributed by atoms with Gasteiger partial charge in [0.05, 0.1) is 6.04 Å². The Labute approximate surface area is 195 Å². The lowest BCUT2D eigenvalue weighted by atomic mass is 9.86. The zero-order chi connectivity index (χ0) is 20.8. The number of benzene rings is 1. The monoisotopic (exact) mass is 467 g/mol. The third-order valence-electron chi connectivity index (χ3n) is 5.41. The summed E-state index contributed by atoms with van der Waals surface area (Å²) in [5, 5.41) is 8.95. The molecule has 3 rings (SSSR count). The van der Waals surface area contributed by atoms with Gasteiger partial charge in [0, 0.05) is 12.2 Å². The van der Waals surface area contributed by atoms with Gasteiger partial charge in [0.2, 0.25) is 11.8 Å². The van der Waals surface area contributed by atoms with E-state index in [-0.39, 0.29) is 42.7 Å². The van der Waals surface area contributed by atoms with Crippen LogP contribution in [0.1, 0.15) is 42.5 Å². The molecule has 0 spiro atoms. The molecule has 1 saturated heterocycles. The second-order valence-corrected chi connectivity index (χ2v) is 7.57. The quantitative estimate of drug-likeness (QED) is 0.521. The lowest BCUT2D eigenvalue weighted by molar-refractivity contribution is -0.130. The maximum atomic E-state index is 12.7. The number of nitrogen functional groups attached to an aromatic ring is 1. The van der Waals surface area contributed by atoms with Gasteiger partial charge in [-0.3, -0.25) is 9.59 Å². The Hall–Kier alpha value is -2.35. The highest BCUT2D eigenvalue weighted by Crippen LogP contribution is 2.27. The third kappa shape index (κ3) is 7.38. The van der Waals surface area contributed by atoms with E-state index in [0.29, 0.717) is 18.3 Å². The van der Waals surface area contributed by atoms with Crippen molar-refractivity contribution in [3.05, 3.63) is 59.3 Å². The van der Waals surface area contributed by atoms with Crippen LogP contribution in [0.25, 0.3) is 0 Å². The molecule has 1 fully saturated rings. The minimum atomic E-state index is -0.622. The highest BCUT2D eigenvalue weighted by atomic mass is 35.5. The molecule has 2 aromatic rings. The fourth-order valence-electron chi connectivity index (χ4n) is 3.66. The normalized spacial score (nSPS) is 18.6. The van der Waals surface area contributed by atoms with Crippen molar-refractivity contribution in [1.29, 1.82) is 0 Å². The van der Waals surface area contributed by atoms with Gasteiger partial charge in [0.15, 0.2) is 0 Å². The molecule has 2 unspecified atom stereocenters. The molecule has 3 atom stereocenters. The average molecular weight is 468 g/mol. The molecule has 0 aliphatic carbocycles. The molecule has 2 amide bonds. The number of nitrogens with zero attached hydrogens (tertiary/aromatic N) is 1. The average Bonchev–Trinajstić information content (AvgIpc) is 2.73. The molecule has 5 N–H and O–H groups in total. The number of halogens is 2. The number of aryl methyl sites for hydroxylation is 1. The first kappa shape index (κ1) is 26.7. The molecule has 0 radical (unpaired) electrons. The summed E-state index contributed by atoms with van der Waals surface area (Å²) < 4.78 is 0. The maximum absolute atomic E-state index is 12.7. The van der Waals surface area contributed by atoms with Crippen molar-refractivity contribution in [2.75, 3.05) is 12.3 Å². The summed E-state index contributed by atoms with van der Waals surface area (Å²) >= 11 is 0. The standard InChI is InChI=1S/C22H29N5O2.2ClH/c1-14-18(8-9-20(23)26-14)13-25-21(28)15(2)27-22(29)19-12-17(10-11-24-19)16-6-4-3-5-7-16;;/h3-9,15,17,19,24H,10-13H2,1-2H3,(H2,23,26)(H,25,28)(H,27,29);2*1H/t15-,17?,19?;;/m0../s1. The molecule has 1 aliphatic rings. The van der Waals surface area contributed by atoms with Crippen molar-refractivity contribution in [2.45, 2.75) is 51.2 Å². The summed E-state index contributed by atoms with van der Waals surface area (Å²) in [6.07, 6.45) is 1.72. The molecular formula is C22H31Cl2N5O2. The van der Waals surface area contributed by atoms with Crippen molar-refractivity contribution < 1.29 is 9.59 Å². The van der Waals surface area contributed by atoms with Crippen LogP contribution < -0.4 is 21.7 Å². The smallest absolute Gasteiger partial charge is 0.242 e. The predicted molar refractivity (Wildman–Crippen MR) is 128 cm³/mol. The van der Waals surface area contributed by atoms with E-state index < -0.39 is 6.04 Å². The van der Waals surface area contributed by atoms with Gasteiger partial charge in [0.25, 0.3) is 0 Å². The molecule has 31 heavy (non-hydrogen) atoms. The van der Waals surface area contributed by atoms with Gasteiger partial charge in [-0.25, -0.2) is 4.98 Å². The number of rotatable bonds is 6. The number of carbonyl (C=O) groups excluding carboxylic acids is 2. The van der Waals surface area contributed by atoms with Crippen molar-refractivity contribution in [1.82, 2.24) is 20.9 Å². The zero-order valence-electron chi connectivity index (χ0n) is 17.8. The van der Waals surface area contributed by atoms with Crippen LogP contribution in [0.3, 0.4) is 0 Å².